The molecule has 0 aliphatic heterocycles. The average molecular weight is 453 g/mol. The van der Waals surface area contributed by atoms with Gasteiger partial charge in [0.2, 0.25) is 11.8 Å². The summed E-state index contributed by atoms with van der Waals surface area (Å²) in [6.07, 6.45) is 0.812. The van der Waals surface area contributed by atoms with Gasteiger partial charge in [0.15, 0.2) is 0 Å². The van der Waals surface area contributed by atoms with Gasteiger partial charge in [-0.05, 0) is 44.5 Å². The molecular weight excluding hydrogens is 427 g/mol. The van der Waals surface area contributed by atoms with Crippen LogP contribution in [0.15, 0.2) is 53.4 Å². The molecule has 0 radical (unpaired) electrons. The van der Waals surface area contributed by atoms with Crippen LogP contribution >= 0.6 is 35.0 Å². The summed E-state index contributed by atoms with van der Waals surface area (Å²) < 4.78 is 0. The van der Waals surface area contributed by atoms with Gasteiger partial charge in [-0.15, -0.1) is 11.8 Å². The van der Waals surface area contributed by atoms with Crippen LogP contribution in [-0.4, -0.2) is 34.6 Å². The Hall–Kier alpha value is -1.69. The van der Waals surface area contributed by atoms with Gasteiger partial charge in [0, 0.05) is 33.1 Å². The van der Waals surface area contributed by atoms with E-state index in [0.29, 0.717) is 15.6 Å². The summed E-state index contributed by atoms with van der Waals surface area (Å²) in [6.45, 7) is 5.83. The van der Waals surface area contributed by atoms with Crippen LogP contribution in [0.1, 0.15) is 32.8 Å². The fourth-order valence-corrected chi connectivity index (χ4v) is 3.97. The molecule has 1 N–H and O–H groups in total. The van der Waals surface area contributed by atoms with Crippen LogP contribution in [0.4, 0.5) is 0 Å². The Morgan fingerprint density at radius 3 is 2.24 bits per heavy atom. The Morgan fingerprint density at radius 2 is 1.66 bits per heavy atom. The lowest BCUT2D eigenvalue weighted by Crippen LogP contribution is -2.50. The number of nitrogens with zero attached hydrogens (tertiary/aromatic N) is 1. The summed E-state index contributed by atoms with van der Waals surface area (Å²) in [7, 11) is 0. The van der Waals surface area contributed by atoms with Crippen LogP contribution in [-0.2, 0) is 16.1 Å². The highest BCUT2D eigenvalue weighted by Crippen LogP contribution is 2.27. The summed E-state index contributed by atoms with van der Waals surface area (Å²) >= 11 is 14.1. The van der Waals surface area contributed by atoms with Gasteiger partial charge in [-0.25, -0.2) is 0 Å². The fourth-order valence-electron chi connectivity index (χ4n) is 2.65. The molecule has 0 spiro atoms. The highest BCUT2D eigenvalue weighted by Gasteiger charge is 2.28. The molecule has 2 rings (SSSR count). The third-order valence-corrected chi connectivity index (χ3v) is 6.37. The Bertz CT molecular complexity index is 813. The van der Waals surface area contributed by atoms with Crippen molar-refractivity contribution in [1.29, 1.82) is 0 Å². The van der Waals surface area contributed by atoms with E-state index in [0.717, 1.165) is 11.3 Å². The molecule has 0 fully saturated rings. The topological polar surface area (TPSA) is 49.4 Å². The smallest absolute Gasteiger partial charge is 0.242 e. The summed E-state index contributed by atoms with van der Waals surface area (Å²) in [5.41, 5.74) is 0.636. The van der Waals surface area contributed by atoms with Crippen LogP contribution < -0.4 is 5.32 Å². The second kappa shape index (κ2) is 11.5. The molecule has 0 bridgehead atoms. The van der Waals surface area contributed by atoms with E-state index in [1.165, 1.54) is 11.8 Å². The standard InChI is InChI=1S/C22H26Cl2N2O2S/c1-4-15(2)25-22(28)16(3)26(13-18-19(23)11-8-12-20(18)24)21(27)14-29-17-9-6-5-7-10-17/h5-12,15-16H,4,13-14H2,1-3H3,(H,25,28)/t15-,16-/m1/s1. The van der Waals surface area contributed by atoms with Gasteiger partial charge < -0.3 is 10.2 Å². The summed E-state index contributed by atoms with van der Waals surface area (Å²) in [6, 6.07) is 14.3. The highest BCUT2D eigenvalue weighted by molar-refractivity contribution is 8.00. The maximum atomic E-state index is 13.1. The van der Waals surface area contributed by atoms with Crippen molar-refractivity contribution >= 4 is 46.8 Å². The number of carbonyl (C=O) groups is 2. The number of carbonyl (C=O) groups excluding carboxylic acids is 2. The number of halogens is 2. The maximum absolute atomic E-state index is 13.1. The van der Waals surface area contributed by atoms with E-state index >= 15 is 0 Å². The fraction of sp³-hybridized carbons (Fsp3) is 0.364. The van der Waals surface area contributed by atoms with Crippen molar-refractivity contribution in [2.75, 3.05) is 5.75 Å². The number of thioether (sulfide) groups is 1. The Balaban J connectivity index is 2.21. The third kappa shape index (κ3) is 6.95. The Kier molecular flexibility index (Phi) is 9.34. The minimum atomic E-state index is -0.653. The molecule has 156 valence electrons. The zero-order valence-corrected chi connectivity index (χ0v) is 19.2. The van der Waals surface area contributed by atoms with E-state index in [1.807, 2.05) is 44.2 Å². The van der Waals surface area contributed by atoms with E-state index < -0.39 is 6.04 Å². The van der Waals surface area contributed by atoms with E-state index in [2.05, 4.69) is 5.32 Å². The predicted molar refractivity (Wildman–Crippen MR) is 122 cm³/mol. The SMILES string of the molecule is CC[C@@H](C)NC(=O)[C@@H](C)N(Cc1c(Cl)cccc1Cl)C(=O)CSc1ccccc1. The van der Waals surface area contributed by atoms with Crippen molar-refractivity contribution in [1.82, 2.24) is 10.2 Å². The van der Waals surface area contributed by atoms with Gasteiger partial charge in [0.05, 0.1) is 5.75 Å². The second-order valence-corrected chi connectivity index (χ2v) is 8.68. The van der Waals surface area contributed by atoms with Gasteiger partial charge in [-0.3, -0.25) is 9.59 Å². The highest BCUT2D eigenvalue weighted by atomic mass is 35.5. The van der Waals surface area contributed by atoms with Gasteiger partial charge >= 0.3 is 0 Å². The van der Waals surface area contributed by atoms with E-state index in [1.54, 1.807) is 30.0 Å². The monoisotopic (exact) mass is 452 g/mol. The number of rotatable bonds is 9. The van der Waals surface area contributed by atoms with Crippen molar-refractivity contribution in [2.45, 2.75) is 50.7 Å². The molecule has 7 heteroatoms. The summed E-state index contributed by atoms with van der Waals surface area (Å²) in [4.78, 5) is 28.3. The molecule has 2 atom stereocenters. The Morgan fingerprint density at radius 1 is 1.03 bits per heavy atom. The van der Waals surface area contributed by atoms with Gasteiger partial charge in [0.25, 0.3) is 0 Å². The molecular formula is C22H26Cl2N2O2S. The zero-order chi connectivity index (χ0) is 21.4. The molecule has 0 heterocycles. The molecule has 2 aromatic rings. The first-order valence-corrected chi connectivity index (χ1v) is 11.3. The van der Waals surface area contributed by atoms with Crippen molar-refractivity contribution in [3.63, 3.8) is 0 Å². The number of nitrogens with one attached hydrogen (secondary N) is 1. The molecule has 0 saturated heterocycles. The van der Waals surface area contributed by atoms with E-state index in [9.17, 15) is 9.59 Å². The van der Waals surface area contributed by atoms with Crippen LogP contribution in [0.5, 0.6) is 0 Å². The largest absolute Gasteiger partial charge is 0.352 e. The first kappa shape index (κ1) is 23.6. The van der Waals surface area contributed by atoms with Crippen molar-refractivity contribution in [2.24, 2.45) is 0 Å². The number of hydrogen-bond acceptors (Lipinski definition) is 3. The molecule has 4 nitrogen and oxygen atoms in total. The predicted octanol–water partition coefficient (Wildman–Crippen LogP) is 5.42. The van der Waals surface area contributed by atoms with E-state index in [4.69, 9.17) is 23.2 Å². The van der Waals surface area contributed by atoms with Gasteiger partial charge in [0.1, 0.15) is 6.04 Å². The molecule has 0 unspecified atom stereocenters. The van der Waals surface area contributed by atoms with Gasteiger partial charge in [-0.1, -0.05) is 54.4 Å². The first-order valence-electron chi connectivity index (χ1n) is 9.54. The lowest BCUT2D eigenvalue weighted by Gasteiger charge is -2.30. The molecule has 0 aromatic heterocycles. The van der Waals surface area contributed by atoms with E-state index in [-0.39, 0.29) is 30.2 Å². The summed E-state index contributed by atoms with van der Waals surface area (Å²) in [5, 5.41) is 3.89. The van der Waals surface area contributed by atoms with Crippen LogP contribution in [0, 0.1) is 0 Å². The van der Waals surface area contributed by atoms with Crippen molar-refractivity contribution in [3.8, 4) is 0 Å². The first-order chi connectivity index (χ1) is 13.8. The average Bonchev–Trinajstić information content (AvgIpc) is 2.72. The minimum Gasteiger partial charge on any atom is -0.352 e. The third-order valence-electron chi connectivity index (χ3n) is 4.66. The molecule has 2 amide bonds. The second-order valence-electron chi connectivity index (χ2n) is 6.82. The van der Waals surface area contributed by atoms with Crippen molar-refractivity contribution < 1.29 is 9.59 Å². The molecule has 0 saturated carbocycles. The lowest BCUT2D eigenvalue weighted by atomic mass is 10.1. The number of amides is 2. The normalized spacial score (nSPS) is 12.9. The summed E-state index contributed by atoms with van der Waals surface area (Å²) in [5.74, 6) is -0.130. The number of benzene rings is 2. The zero-order valence-electron chi connectivity index (χ0n) is 16.8. The Labute approximate surface area is 187 Å². The molecule has 0 aliphatic rings. The van der Waals surface area contributed by atoms with Crippen LogP contribution in [0.2, 0.25) is 10.0 Å². The maximum Gasteiger partial charge on any atom is 0.242 e. The molecule has 2 aromatic carbocycles. The van der Waals surface area contributed by atoms with Crippen molar-refractivity contribution in [3.05, 3.63) is 64.1 Å². The number of hydrogen-bond donors (Lipinski definition) is 1. The minimum absolute atomic E-state index is 0.0319. The van der Waals surface area contributed by atoms with Gasteiger partial charge in [-0.2, -0.15) is 0 Å². The van der Waals surface area contributed by atoms with Crippen LogP contribution in [0.25, 0.3) is 0 Å². The lowest BCUT2D eigenvalue weighted by molar-refractivity contribution is -0.138. The quantitative estimate of drug-likeness (QED) is 0.516. The van der Waals surface area contributed by atoms with Crippen LogP contribution in [0.3, 0.4) is 0 Å². The molecule has 0 aliphatic carbocycles. The molecule has 29 heavy (non-hydrogen) atoms.